The van der Waals surface area contributed by atoms with Gasteiger partial charge in [-0.2, -0.15) is 0 Å². The largest absolute Gasteiger partial charge is 0.381 e. The maximum absolute atomic E-state index is 12.6. The van der Waals surface area contributed by atoms with Crippen LogP contribution >= 0.6 is 0 Å². The van der Waals surface area contributed by atoms with Crippen LogP contribution in [0.4, 0.5) is 5.69 Å². The van der Waals surface area contributed by atoms with E-state index < -0.39 is 10.8 Å². The number of pyridine rings is 1. The summed E-state index contributed by atoms with van der Waals surface area (Å²) >= 11 is 0. The van der Waals surface area contributed by atoms with Crippen molar-refractivity contribution in [1.82, 2.24) is 4.98 Å². The first-order valence-corrected chi connectivity index (χ1v) is 10.2. The average molecular weight is 343 g/mol. The van der Waals surface area contributed by atoms with Crippen molar-refractivity contribution in [3.63, 3.8) is 0 Å². The number of anilines is 1. The van der Waals surface area contributed by atoms with E-state index in [4.69, 9.17) is 0 Å². The topological polar surface area (TPSA) is 42.0 Å². The Hall–Kier alpha value is -1.68. The molecular weight excluding hydrogens is 316 g/mol. The first kappa shape index (κ1) is 17.2. The molecule has 1 atom stereocenters. The highest BCUT2D eigenvalue weighted by molar-refractivity contribution is 7.84. The third-order valence-electron chi connectivity index (χ3n) is 4.79. The number of nitrogens with zero attached hydrogens (tertiary/aromatic N) is 1. The highest BCUT2D eigenvalue weighted by Crippen LogP contribution is 2.24. The Kier molecular flexibility index (Phi) is 6.02. The molecule has 2 aromatic rings. The number of benzene rings is 1. The van der Waals surface area contributed by atoms with E-state index in [1.54, 1.807) is 0 Å². The molecule has 4 heteroatoms. The van der Waals surface area contributed by atoms with Gasteiger partial charge in [0.1, 0.15) is 0 Å². The standard InChI is InChI=1S/C20H26N2OS/c1-16-10-11-21-13-18(16)14-22-19-7-5-6-17(12-19)15-24(23)20-8-3-2-4-9-20/h5-7,10-13,20,22H,2-4,8-9,14-15H2,1H3. The molecule has 0 spiro atoms. The summed E-state index contributed by atoms with van der Waals surface area (Å²) in [5.41, 5.74) is 4.68. The molecular formula is C20H26N2OS. The van der Waals surface area contributed by atoms with Crippen molar-refractivity contribution in [2.24, 2.45) is 0 Å². The van der Waals surface area contributed by atoms with Crippen LogP contribution in [0.2, 0.25) is 0 Å². The normalized spacial score (nSPS) is 16.7. The number of nitrogens with one attached hydrogen (secondary N) is 1. The summed E-state index contributed by atoms with van der Waals surface area (Å²) in [4.78, 5) is 4.19. The fourth-order valence-corrected chi connectivity index (χ4v) is 4.86. The molecule has 1 heterocycles. The monoisotopic (exact) mass is 342 g/mol. The van der Waals surface area contributed by atoms with Gasteiger partial charge in [-0.25, -0.2) is 0 Å². The second-order valence-electron chi connectivity index (χ2n) is 6.64. The van der Waals surface area contributed by atoms with Crippen LogP contribution in [-0.2, 0) is 23.1 Å². The van der Waals surface area contributed by atoms with Crippen molar-refractivity contribution in [3.05, 3.63) is 59.4 Å². The second kappa shape index (κ2) is 8.43. The molecule has 3 nitrogen and oxygen atoms in total. The lowest BCUT2D eigenvalue weighted by Gasteiger charge is -2.21. The molecule has 24 heavy (non-hydrogen) atoms. The number of aryl methyl sites for hydroxylation is 1. The third kappa shape index (κ3) is 4.67. The smallest absolute Gasteiger partial charge is 0.0489 e. The SMILES string of the molecule is Cc1ccncc1CNc1cccc(CS(=O)C2CCCCC2)c1. The maximum Gasteiger partial charge on any atom is 0.0489 e. The zero-order valence-corrected chi connectivity index (χ0v) is 15.1. The minimum Gasteiger partial charge on any atom is -0.381 e. The highest BCUT2D eigenvalue weighted by Gasteiger charge is 2.19. The number of hydrogen-bond acceptors (Lipinski definition) is 3. The van der Waals surface area contributed by atoms with E-state index in [1.165, 1.54) is 30.4 Å². The van der Waals surface area contributed by atoms with Crippen LogP contribution in [0.3, 0.4) is 0 Å². The molecule has 1 unspecified atom stereocenters. The molecule has 0 bridgehead atoms. The Balaban J connectivity index is 1.59. The van der Waals surface area contributed by atoms with Gasteiger partial charge in [-0.1, -0.05) is 31.4 Å². The van der Waals surface area contributed by atoms with Gasteiger partial charge in [0.15, 0.2) is 0 Å². The average Bonchev–Trinajstić information content (AvgIpc) is 2.62. The lowest BCUT2D eigenvalue weighted by atomic mass is 10.0. The van der Waals surface area contributed by atoms with Gasteiger partial charge in [-0.15, -0.1) is 0 Å². The molecule has 128 valence electrons. The molecule has 1 aliphatic carbocycles. The van der Waals surface area contributed by atoms with E-state index in [0.29, 0.717) is 11.0 Å². The first-order chi connectivity index (χ1) is 11.7. The van der Waals surface area contributed by atoms with Crippen molar-refractivity contribution in [2.45, 2.75) is 56.6 Å². The zero-order chi connectivity index (χ0) is 16.8. The summed E-state index contributed by atoms with van der Waals surface area (Å²) < 4.78 is 12.6. The van der Waals surface area contributed by atoms with Gasteiger partial charge in [0, 0.05) is 46.4 Å². The van der Waals surface area contributed by atoms with Gasteiger partial charge in [-0.3, -0.25) is 9.19 Å². The quantitative estimate of drug-likeness (QED) is 0.835. The van der Waals surface area contributed by atoms with Gasteiger partial charge in [0.2, 0.25) is 0 Å². The van der Waals surface area contributed by atoms with E-state index in [2.05, 4.69) is 35.4 Å². The maximum atomic E-state index is 12.6. The predicted molar refractivity (Wildman–Crippen MR) is 101 cm³/mol. The summed E-state index contributed by atoms with van der Waals surface area (Å²) in [7, 11) is -0.747. The van der Waals surface area contributed by atoms with Gasteiger partial charge < -0.3 is 5.32 Å². The summed E-state index contributed by atoms with van der Waals surface area (Å²) in [6.45, 7) is 2.86. The highest BCUT2D eigenvalue weighted by atomic mass is 32.2. The molecule has 0 radical (unpaired) electrons. The van der Waals surface area contributed by atoms with Gasteiger partial charge in [0.05, 0.1) is 0 Å². The van der Waals surface area contributed by atoms with E-state index in [0.717, 1.165) is 30.6 Å². The minimum atomic E-state index is -0.747. The van der Waals surface area contributed by atoms with E-state index >= 15 is 0 Å². The Morgan fingerprint density at radius 3 is 2.83 bits per heavy atom. The van der Waals surface area contributed by atoms with Gasteiger partial charge in [-0.05, 0) is 54.7 Å². The lowest BCUT2D eigenvalue weighted by molar-refractivity contribution is 0.504. The number of aromatic nitrogens is 1. The minimum absolute atomic E-state index is 0.397. The van der Waals surface area contributed by atoms with Crippen molar-refractivity contribution in [3.8, 4) is 0 Å². The Morgan fingerprint density at radius 1 is 1.21 bits per heavy atom. The van der Waals surface area contributed by atoms with Gasteiger partial charge in [0.25, 0.3) is 0 Å². The lowest BCUT2D eigenvalue weighted by Crippen LogP contribution is -2.19. The molecule has 1 aromatic heterocycles. The van der Waals surface area contributed by atoms with Crippen LogP contribution in [0.15, 0.2) is 42.7 Å². The third-order valence-corrected chi connectivity index (χ3v) is 6.62. The van der Waals surface area contributed by atoms with Crippen molar-refractivity contribution < 1.29 is 4.21 Å². The summed E-state index contributed by atoms with van der Waals surface area (Å²) in [5, 5.41) is 3.85. The molecule has 1 saturated carbocycles. The molecule has 1 aliphatic rings. The van der Waals surface area contributed by atoms with Crippen molar-refractivity contribution in [2.75, 3.05) is 5.32 Å². The second-order valence-corrected chi connectivity index (χ2v) is 8.36. The van der Waals surface area contributed by atoms with Crippen LogP contribution in [-0.4, -0.2) is 14.4 Å². The van der Waals surface area contributed by atoms with Crippen molar-refractivity contribution in [1.29, 1.82) is 0 Å². The molecule has 0 aliphatic heterocycles. The fraction of sp³-hybridized carbons (Fsp3) is 0.450. The molecule has 1 fully saturated rings. The van der Waals surface area contributed by atoms with Crippen LogP contribution < -0.4 is 5.32 Å². The summed E-state index contributed by atoms with van der Waals surface area (Å²) in [6, 6.07) is 10.4. The van der Waals surface area contributed by atoms with Gasteiger partial charge >= 0.3 is 0 Å². The Labute approximate surface area is 147 Å². The Bertz CT molecular complexity index is 696. The van der Waals surface area contributed by atoms with Crippen LogP contribution in [0.1, 0.15) is 48.8 Å². The van der Waals surface area contributed by atoms with Crippen molar-refractivity contribution >= 4 is 16.5 Å². The van der Waals surface area contributed by atoms with Crippen LogP contribution in [0.5, 0.6) is 0 Å². The van der Waals surface area contributed by atoms with Crippen LogP contribution in [0, 0.1) is 6.92 Å². The predicted octanol–water partition coefficient (Wildman–Crippen LogP) is 4.58. The molecule has 0 saturated heterocycles. The molecule has 3 rings (SSSR count). The van der Waals surface area contributed by atoms with E-state index in [1.807, 2.05) is 24.5 Å². The first-order valence-electron chi connectivity index (χ1n) is 8.82. The summed E-state index contributed by atoms with van der Waals surface area (Å²) in [5.74, 6) is 0.673. The zero-order valence-electron chi connectivity index (χ0n) is 14.3. The fourth-order valence-electron chi connectivity index (χ4n) is 3.26. The van der Waals surface area contributed by atoms with E-state index in [-0.39, 0.29) is 0 Å². The number of rotatable bonds is 6. The van der Waals surface area contributed by atoms with E-state index in [9.17, 15) is 4.21 Å². The molecule has 1 N–H and O–H groups in total. The van der Waals surface area contributed by atoms with Crippen LogP contribution in [0.25, 0.3) is 0 Å². The summed E-state index contributed by atoms with van der Waals surface area (Å²) in [6.07, 6.45) is 9.77. The number of hydrogen-bond donors (Lipinski definition) is 1. The molecule has 1 aromatic carbocycles. The Morgan fingerprint density at radius 2 is 2.04 bits per heavy atom. The molecule has 0 amide bonds.